The summed E-state index contributed by atoms with van der Waals surface area (Å²) in [5.41, 5.74) is 7.71. The first-order valence-electron chi connectivity index (χ1n) is 7.88. The number of aromatic nitrogens is 1. The fourth-order valence-electron chi connectivity index (χ4n) is 2.76. The van der Waals surface area contributed by atoms with E-state index in [1.165, 1.54) is 23.5 Å². The van der Waals surface area contributed by atoms with E-state index in [0.29, 0.717) is 11.6 Å². The minimum absolute atomic E-state index is 0.105. The molecule has 0 spiro atoms. The number of nitrogens with zero attached hydrogens (tertiary/aromatic N) is 1. The summed E-state index contributed by atoms with van der Waals surface area (Å²) in [5.74, 6) is 0.631. The van der Waals surface area contributed by atoms with Gasteiger partial charge in [0.15, 0.2) is 5.13 Å². The summed E-state index contributed by atoms with van der Waals surface area (Å²) in [6.45, 7) is 0. The Morgan fingerprint density at radius 3 is 2.23 bits per heavy atom. The number of thiazole rings is 1. The van der Waals surface area contributed by atoms with Gasteiger partial charge in [-0.25, -0.2) is 4.98 Å². The largest absolute Gasteiger partial charge is 0.497 e. The predicted molar refractivity (Wildman–Crippen MR) is 96.5 cm³/mol. The van der Waals surface area contributed by atoms with E-state index in [-0.39, 0.29) is 5.92 Å². The van der Waals surface area contributed by atoms with Crippen molar-refractivity contribution in [3.63, 3.8) is 0 Å². The van der Waals surface area contributed by atoms with Crippen LogP contribution >= 0.6 is 11.3 Å². The van der Waals surface area contributed by atoms with Crippen LogP contribution < -0.4 is 10.5 Å². The topological polar surface area (TPSA) is 48.1 Å². The molecule has 0 unspecified atom stereocenters. The Hall–Kier alpha value is -2.54. The quantitative estimate of drug-likeness (QED) is 0.670. The molecule has 0 aliphatic carbocycles. The molecule has 2 aromatic carbocycles. The van der Waals surface area contributed by atoms with Gasteiger partial charge in [0.05, 0.1) is 18.4 Å². The summed E-state index contributed by atoms with van der Waals surface area (Å²) in [7, 11) is 1.59. The standard InChI is InChI=1S/C19H17F3N2OS/c1-25-15-8-4-13(5-9-15)16(17-11-26-18(23)24-17)10-12-2-6-14(7-3-12)19(20,21)22/h2-9,11,16H,10H2,1H3,(H2,23,24)/t16-/m0/s1. The van der Waals surface area contributed by atoms with Gasteiger partial charge in [-0.05, 0) is 41.8 Å². The van der Waals surface area contributed by atoms with E-state index < -0.39 is 11.7 Å². The number of anilines is 1. The first kappa shape index (κ1) is 18.3. The number of nitrogens with two attached hydrogens (primary N) is 1. The van der Waals surface area contributed by atoms with Crippen molar-refractivity contribution in [3.05, 3.63) is 76.3 Å². The van der Waals surface area contributed by atoms with Crippen molar-refractivity contribution in [1.82, 2.24) is 4.98 Å². The van der Waals surface area contributed by atoms with Gasteiger partial charge >= 0.3 is 6.18 Å². The lowest BCUT2D eigenvalue weighted by atomic mass is 9.89. The lowest BCUT2D eigenvalue weighted by Gasteiger charge is -2.17. The first-order chi connectivity index (χ1) is 12.4. The molecule has 0 bridgehead atoms. The molecule has 1 aromatic heterocycles. The minimum atomic E-state index is -4.34. The average molecular weight is 378 g/mol. The zero-order valence-corrected chi connectivity index (χ0v) is 14.8. The van der Waals surface area contributed by atoms with Crippen molar-refractivity contribution in [2.45, 2.75) is 18.5 Å². The molecular weight excluding hydrogens is 361 g/mol. The van der Waals surface area contributed by atoms with Crippen LogP contribution in [-0.4, -0.2) is 12.1 Å². The van der Waals surface area contributed by atoms with Crippen molar-refractivity contribution >= 4 is 16.5 Å². The number of nitrogen functional groups attached to an aromatic ring is 1. The normalized spacial score (nSPS) is 12.8. The zero-order chi connectivity index (χ0) is 18.7. The van der Waals surface area contributed by atoms with Crippen LogP contribution in [0.2, 0.25) is 0 Å². The molecule has 3 rings (SSSR count). The van der Waals surface area contributed by atoms with Gasteiger partial charge in [0.2, 0.25) is 0 Å². The molecule has 3 nitrogen and oxygen atoms in total. The van der Waals surface area contributed by atoms with Crippen LogP contribution in [0.15, 0.2) is 53.9 Å². The maximum atomic E-state index is 12.8. The highest BCUT2D eigenvalue weighted by molar-refractivity contribution is 7.13. The monoisotopic (exact) mass is 378 g/mol. The molecule has 0 aliphatic heterocycles. The Morgan fingerprint density at radius 1 is 1.08 bits per heavy atom. The predicted octanol–water partition coefficient (Wildman–Crippen LogP) is 5.13. The van der Waals surface area contributed by atoms with Crippen molar-refractivity contribution in [3.8, 4) is 5.75 Å². The average Bonchev–Trinajstić information content (AvgIpc) is 3.05. The van der Waals surface area contributed by atoms with Gasteiger partial charge in [-0.3, -0.25) is 0 Å². The molecule has 0 fully saturated rings. The molecule has 0 amide bonds. The molecule has 2 N–H and O–H groups in total. The van der Waals surface area contributed by atoms with E-state index in [1.54, 1.807) is 7.11 Å². The fourth-order valence-corrected chi connectivity index (χ4v) is 3.37. The van der Waals surface area contributed by atoms with Crippen molar-refractivity contribution in [2.75, 3.05) is 12.8 Å². The number of hydrogen-bond donors (Lipinski definition) is 1. The maximum Gasteiger partial charge on any atom is 0.416 e. The molecule has 3 aromatic rings. The first-order valence-corrected chi connectivity index (χ1v) is 8.76. The third kappa shape index (κ3) is 4.16. The third-order valence-corrected chi connectivity index (χ3v) is 4.83. The molecule has 136 valence electrons. The molecule has 26 heavy (non-hydrogen) atoms. The number of rotatable bonds is 5. The van der Waals surface area contributed by atoms with Crippen LogP contribution in [0.3, 0.4) is 0 Å². The Labute approximate surface area is 153 Å². The number of alkyl halides is 3. The lowest BCUT2D eigenvalue weighted by Crippen LogP contribution is -2.08. The van der Waals surface area contributed by atoms with E-state index in [0.717, 1.165) is 34.7 Å². The van der Waals surface area contributed by atoms with Gasteiger partial charge in [0.1, 0.15) is 5.75 Å². The number of ether oxygens (including phenoxy) is 1. The highest BCUT2D eigenvalue weighted by atomic mass is 32.1. The molecule has 0 saturated heterocycles. The van der Waals surface area contributed by atoms with Gasteiger partial charge in [-0.2, -0.15) is 13.2 Å². The number of hydrogen-bond acceptors (Lipinski definition) is 4. The second kappa shape index (κ2) is 7.37. The van der Waals surface area contributed by atoms with Crippen LogP contribution in [0.4, 0.5) is 18.3 Å². The van der Waals surface area contributed by atoms with Gasteiger partial charge in [0.25, 0.3) is 0 Å². The van der Waals surface area contributed by atoms with Crippen molar-refractivity contribution in [1.29, 1.82) is 0 Å². The fraction of sp³-hybridized carbons (Fsp3) is 0.211. The summed E-state index contributed by atoms with van der Waals surface area (Å²) >= 11 is 1.34. The van der Waals surface area contributed by atoms with Crippen LogP contribution in [0.5, 0.6) is 5.75 Å². The Balaban J connectivity index is 1.90. The third-order valence-electron chi connectivity index (χ3n) is 4.14. The summed E-state index contributed by atoms with van der Waals surface area (Å²) in [6, 6.07) is 12.8. The number of halogens is 3. The minimum Gasteiger partial charge on any atom is -0.497 e. The maximum absolute atomic E-state index is 12.8. The van der Waals surface area contributed by atoms with Gasteiger partial charge in [-0.15, -0.1) is 11.3 Å². The van der Waals surface area contributed by atoms with E-state index in [4.69, 9.17) is 10.5 Å². The second-order valence-corrected chi connectivity index (χ2v) is 6.72. The van der Waals surface area contributed by atoms with Crippen molar-refractivity contribution < 1.29 is 17.9 Å². The van der Waals surface area contributed by atoms with Crippen LogP contribution in [0.25, 0.3) is 0 Å². The molecule has 7 heteroatoms. The van der Waals surface area contributed by atoms with E-state index >= 15 is 0 Å². The van der Waals surface area contributed by atoms with Crippen LogP contribution in [-0.2, 0) is 12.6 Å². The van der Waals surface area contributed by atoms with E-state index in [9.17, 15) is 13.2 Å². The van der Waals surface area contributed by atoms with Gasteiger partial charge in [-0.1, -0.05) is 24.3 Å². The van der Waals surface area contributed by atoms with Gasteiger partial charge < -0.3 is 10.5 Å². The van der Waals surface area contributed by atoms with Crippen LogP contribution in [0.1, 0.15) is 28.3 Å². The summed E-state index contributed by atoms with van der Waals surface area (Å²) in [6.07, 6.45) is -3.81. The smallest absolute Gasteiger partial charge is 0.416 e. The molecule has 0 saturated carbocycles. The molecule has 1 heterocycles. The van der Waals surface area contributed by atoms with Crippen LogP contribution in [0, 0.1) is 0 Å². The Bertz CT molecular complexity index is 858. The van der Waals surface area contributed by atoms with E-state index in [2.05, 4.69) is 4.98 Å². The molecule has 1 atom stereocenters. The molecule has 0 radical (unpaired) electrons. The zero-order valence-electron chi connectivity index (χ0n) is 14.0. The number of benzene rings is 2. The second-order valence-electron chi connectivity index (χ2n) is 5.84. The summed E-state index contributed by atoms with van der Waals surface area (Å²) < 4.78 is 43.4. The summed E-state index contributed by atoms with van der Waals surface area (Å²) in [5, 5.41) is 2.35. The summed E-state index contributed by atoms with van der Waals surface area (Å²) in [4.78, 5) is 4.37. The highest BCUT2D eigenvalue weighted by Crippen LogP contribution is 2.33. The van der Waals surface area contributed by atoms with E-state index in [1.807, 2.05) is 29.6 Å². The Kier molecular flexibility index (Phi) is 5.18. The Morgan fingerprint density at radius 2 is 1.73 bits per heavy atom. The molecular formula is C19H17F3N2OS. The van der Waals surface area contributed by atoms with Gasteiger partial charge in [0, 0.05) is 11.3 Å². The molecule has 0 aliphatic rings. The van der Waals surface area contributed by atoms with Crippen molar-refractivity contribution in [2.24, 2.45) is 0 Å². The highest BCUT2D eigenvalue weighted by Gasteiger charge is 2.30. The SMILES string of the molecule is COc1ccc([C@H](Cc2ccc(C(F)(F)F)cc2)c2csc(N)n2)cc1. The number of methoxy groups -OCH3 is 1. The lowest BCUT2D eigenvalue weighted by molar-refractivity contribution is -0.137.